The number of carbonyl (C=O) groups excluding carboxylic acids is 1. The van der Waals surface area contributed by atoms with Crippen LogP contribution in [0, 0.1) is 0 Å². The summed E-state index contributed by atoms with van der Waals surface area (Å²) in [7, 11) is 0. The van der Waals surface area contributed by atoms with Crippen LogP contribution >= 0.6 is 0 Å². The number of aromatic hydroxyl groups is 2. The quantitative estimate of drug-likeness (QED) is 0.736. The molecule has 1 atom stereocenters. The highest BCUT2D eigenvalue weighted by Gasteiger charge is 2.17. The summed E-state index contributed by atoms with van der Waals surface area (Å²) in [5, 5.41) is 21.3. The number of phenols is 2. The predicted molar refractivity (Wildman–Crippen MR) is 72.4 cm³/mol. The van der Waals surface area contributed by atoms with Crippen molar-refractivity contribution in [2.45, 2.75) is 39.2 Å². The van der Waals surface area contributed by atoms with Crippen LogP contribution in [0.1, 0.15) is 39.2 Å². The second kappa shape index (κ2) is 5.82. The minimum Gasteiger partial charge on any atom is -0.504 e. The average Bonchev–Trinajstić information content (AvgIpc) is 2.27. The molecule has 3 N–H and O–H groups in total. The van der Waals surface area contributed by atoms with Crippen LogP contribution in [0.5, 0.6) is 11.5 Å². The van der Waals surface area contributed by atoms with Gasteiger partial charge in [-0.2, -0.15) is 0 Å². The predicted octanol–water partition coefficient (Wildman–Crippen LogP) is 2.73. The van der Waals surface area contributed by atoms with E-state index in [4.69, 9.17) is 4.74 Å². The van der Waals surface area contributed by atoms with Crippen molar-refractivity contribution >= 4 is 6.09 Å². The minimum absolute atomic E-state index is 0.000909. The Bertz CT molecular complexity index is 451. The molecule has 1 aromatic carbocycles. The van der Waals surface area contributed by atoms with Crippen LogP contribution in [0.25, 0.3) is 0 Å². The minimum atomic E-state index is -0.524. The van der Waals surface area contributed by atoms with Crippen molar-refractivity contribution in [3.8, 4) is 11.5 Å². The van der Waals surface area contributed by atoms with E-state index in [9.17, 15) is 15.0 Å². The zero-order valence-electron chi connectivity index (χ0n) is 11.7. The van der Waals surface area contributed by atoms with Crippen LogP contribution in [0.4, 0.5) is 4.79 Å². The number of rotatable bonds is 3. The van der Waals surface area contributed by atoms with Crippen LogP contribution in [0.2, 0.25) is 0 Å². The van der Waals surface area contributed by atoms with E-state index in [1.54, 1.807) is 26.8 Å². The number of nitrogens with one attached hydrogen (secondary N) is 1. The summed E-state index contributed by atoms with van der Waals surface area (Å²) < 4.78 is 5.13. The van der Waals surface area contributed by atoms with Crippen LogP contribution in [0.3, 0.4) is 0 Å². The van der Waals surface area contributed by atoms with Gasteiger partial charge in [-0.25, -0.2) is 4.79 Å². The van der Waals surface area contributed by atoms with E-state index < -0.39 is 11.7 Å². The van der Waals surface area contributed by atoms with E-state index in [1.807, 2.05) is 6.92 Å². The van der Waals surface area contributed by atoms with E-state index in [1.165, 1.54) is 12.1 Å². The molecule has 0 aliphatic rings. The number of ether oxygens (including phenoxy) is 1. The summed E-state index contributed by atoms with van der Waals surface area (Å²) in [6.45, 7) is 7.69. The Kier molecular flexibility index (Phi) is 4.64. The van der Waals surface area contributed by atoms with Gasteiger partial charge >= 0.3 is 6.09 Å². The van der Waals surface area contributed by atoms with Crippen LogP contribution < -0.4 is 5.32 Å². The molecule has 5 heteroatoms. The van der Waals surface area contributed by atoms with Crippen molar-refractivity contribution < 1.29 is 19.7 Å². The lowest BCUT2D eigenvalue weighted by molar-refractivity contribution is 0.0525. The Labute approximate surface area is 113 Å². The Morgan fingerprint density at radius 1 is 1.32 bits per heavy atom. The van der Waals surface area contributed by atoms with Gasteiger partial charge in [-0.15, -0.1) is 0 Å². The van der Waals surface area contributed by atoms with E-state index in [2.05, 4.69) is 5.32 Å². The lowest BCUT2D eigenvalue weighted by atomic mass is 10.0. The van der Waals surface area contributed by atoms with E-state index in [0.29, 0.717) is 6.54 Å². The van der Waals surface area contributed by atoms with Crippen molar-refractivity contribution in [3.05, 3.63) is 23.8 Å². The topological polar surface area (TPSA) is 78.8 Å². The second-order valence-electron chi connectivity index (χ2n) is 5.53. The van der Waals surface area contributed by atoms with Gasteiger partial charge in [-0.3, -0.25) is 0 Å². The number of hydrogen-bond donors (Lipinski definition) is 3. The monoisotopic (exact) mass is 267 g/mol. The normalized spacial score (nSPS) is 12.8. The van der Waals surface area contributed by atoms with Gasteiger partial charge in [0.05, 0.1) is 0 Å². The van der Waals surface area contributed by atoms with Crippen molar-refractivity contribution in [1.29, 1.82) is 0 Å². The highest BCUT2D eigenvalue weighted by Crippen LogP contribution is 2.28. The molecule has 106 valence electrons. The van der Waals surface area contributed by atoms with Crippen molar-refractivity contribution in [2.75, 3.05) is 6.54 Å². The molecule has 0 saturated heterocycles. The number of benzene rings is 1. The van der Waals surface area contributed by atoms with Gasteiger partial charge < -0.3 is 20.3 Å². The fraction of sp³-hybridized carbons (Fsp3) is 0.500. The largest absolute Gasteiger partial charge is 0.504 e. The van der Waals surface area contributed by atoms with Crippen LogP contribution in [0.15, 0.2) is 18.2 Å². The maximum absolute atomic E-state index is 11.5. The number of carbonyl (C=O) groups is 1. The highest BCUT2D eigenvalue weighted by molar-refractivity contribution is 5.67. The number of amides is 1. The van der Waals surface area contributed by atoms with Gasteiger partial charge in [0.1, 0.15) is 5.60 Å². The van der Waals surface area contributed by atoms with E-state index >= 15 is 0 Å². The fourth-order valence-corrected chi connectivity index (χ4v) is 1.52. The van der Waals surface area contributed by atoms with Crippen molar-refractivity contribution in [3.63, 3.8) is 0 Å². The molecular formula is C14H21NO4. The summed E-state index contributed by atoms with van der Waals surface area (Å²) in [4.78, 5) is 11.5. The van der Waals surface area contributed by atoms with E-state index in [0.717, 1.165) is 5.56 Å². The highest BCUT2D eigenvalue weighted by atomic mass is 16.6. The number of alkyl carbamates (subject to hydrolysis) is 1. The molecule has 0 saturated carbocycles. The Morgan fingerprint density at radius 2 is 1.95 bits per heavy atom. The van der Waals surface area contributed by atoms with Crippen LogP contribution in [-0.4, -0.2) is 28.5 Å². The molecule has 1 aromatic rings. The van der Waals surface area contributed by atoms with Gasteiger partial charge in [0.15, 0.2) is 11.5 Å². The first-order chi connectivity index (χ1) is 8.69. The Morgan fingerprint density at radius 3 is 2.47 bits per heavy atom. The zero-order chi connectivity index (χ0) is 14.6. The molecule has 19 heavy (non-hydrogen) atoms. The van der Waals surface area contributed by atoms with Gasteiger partial charge in [-0.1, -0.05) is 13.0 Å². The van der Waals surface area contributed by atoms with E-state index in [-0.39, 0.29) is 17.4 Å². The van der Waals surface area contributed by atoms with Crippen molar-refractivity contribution in [2.24, 2.45) is 0 Å². The maximum atomic E-state index is 11.5. The molecule has 0 heterocycles. The summed E-state index contributed by atoms with van der Waals surface area (Å²) in [5.74, 6) is -0.323. The second-order valence-corrected chi connectivity index (χ2v) is 5.53. The molecule has 0 bridgehead atoms. The van der Waals surface area contributed by atoms with Crippen molar-refractivity contribution in [1.82, 2.24) is 5.32 Å². The first-order valence-electron chi connectivity index (χ1n) is 6.18. The third kappa shape index (κ3) is 5.07. The van der Waals surface area contributed by atoms with Gasteiger partial charge in [0, 0.05) is 6.54 Å². The summed E-state index contributed by atoms with van der Waals surface area (Å²) in [6, 6.07) is 4.61. The lowest BCUT2D eigenvalue weighted by Gasteiger charge is -2.21. The third-order valence-electron chi connectivity index (χ3n) is 2.52. The Hall–Kier alpha value is -1.91. The molecule has 0 unspecified atom stereocenters. The molecule has 0 aliphatic carbocycles. The van der Waals surface area contributed by atoms with Crippen LogP contribution in [-0.2, 0) is 4.74 Å². The number of phenolic OH excluding ortho intramolecular Hbond substituents is 2. The lowest BCUT2D eigenvalue weighted by Crippen LogP contribution is -2.34. The van der Waals surface area contributed by atoms with Gasteiger partial charge in [-0.05, 0) is 44.4 Å². The molecule has 1 amide bonds. The summed E-state index contributed by atoms with van der Waals surface area (Å²) in [5.41, 5.74) is 0.302. The first-order valence-corrected chi connectivity index (χ1v) is 6.18. The molecule has 1 rings (SSSR count). The third-order valence-corrected chi connectivity index (χ3v) is 2.52. The summed E-state index contributed by atoms with van der Waals surface area (Å²) >= 11 is 0. The molecule has 0 fully saturated rings. The molecule has 0 spiro atoms. The molecule has 5 nitrogen and oxygen atoms in total. The average molecular weight is 267 g/mol. The molecule has 0 aliphatic heterocycles. The molecular weight excluding hydrogens is 246 g/mol. The summed E-state index contributed by atoms with van der Waals surface area (Å²) in [6.07, 6.45) is -0.470. The standard InChI is InChI=1S/C14H21NO4/c1-9(8-15-13(18)19-14(2,3)4)10-5-6-11(16)12(17)7-10/h5-7,9,16-17H,8H2,1-4H3,(H,15,18)/t9-/m0/s1. The SMILES string of the molecule is C[C@@H](CNC(=O)OC(C)(C)C)c1ccc(O)c(O)c1. The maximum Gasteiger partial charge on any atom is 0.407 e. The van der Waals surface area contributed by atoms with Gasteiger partial charge in [0.2, 0.25) is 0 Å². The zero-order valence-corrected chi connectivity index (χ0v) is 11.7. The smallest absolute Gasteiger partial charge is 0.407 e. The Balaban J connectivity index is 2.53. The molecule has 0 radical (unpaired) electrons. The number of hydrogen-bond acceptors (Lipinski definition) is 4. The van der Waals surface area contributed by atoms with Gasteiger partial charge in [0.25, 0.3) is 0 Å². The molecule has 0 aromatic heterocycles. The fourth-order valence-electron chi connectivity index (χ4n) is 1.52. The first kappa shape index (κ1) is 15.1.